The van der Waals surface area contributed by atoms with Crippen LogP contribution in [0.25, 0.3) is 0 Å². The van der Waals surface area contributed by atoms with Crippen LogP contribution in [-0.2, 0) is 19.6 Å². The summed E-state index contributed by atoms with van der Waals surface area (Å²) in [6.45, 7) is 1.54. The molecule has 0 unspecified atom stereocenters. The molecule has 5 rings (SSSR count). The number of hydrogen-bond acceptors (Lipinski definition) is 6. The van der Waals surface area contributed by atoms with E-state index in [0.29, 0.717) is 44.4 Å². The van der Waals surface area contributed by atoms with Gasteiger partial charge >= 0.3 is 0 Å². The van der Waals surface area contributed by atoms with E-state index >= 15 is 0 Å². The molecule has 1 aliphatic carbocycles. The molecule has 32 heavy (non-hydrogen) atoms. The zero-order valence-electron chi connectivity index (χ0n) is 18.9. The molecule has 2 atom stereocenters. The van der Waals surface area contributed by atoms with E-state index in [1.165, 1.54) is 6.26 Å². The van der Waals surface area contributed by atoms with Crippen LogP contribution in [0.3, 0.4) is 0 Å². The number of carbonyl (C=O) groups is 1. The number of pyridine rings is 1. The SMILES string of the molecule is CS(=O)(=O)N[C@@H]1CCCN2C(=O)CCCCOc3cccc(n3)C3CCC(CC3)OC[C@H]12. The lowest BCUT2D eigenvalue weighted by Crippen LogP contribution is -2.59. The van der Waals surface area contributed by atoms with E-state index in [4.69, 9.17) is 14.5 Å². The van der Waals surface area contributed by atoms with Crippen molar-refractivity contribution in [2.45, 2.75) is 81.9 Å². The van der Waals surface area contributed by atoms with E-state index in [2.05, 4.69) is 10.8 Å². The molecule has 1 saturated heterocycles. The first-order valence-corrected chi connectivity index (χ1v) is 13.8. The minimum atomic E-state index is -3.37. The van der Waals surface area contributed by atoms with Crippen LogP contribution >= 0.6 is 0 Å². The van der Waals surface area contributed by atoms with Crippen molar-refractivity contribution in [3.05, 3.63) is 23.9 Å². The quantitative estimate of drug-likeness (QED) is 0.721. The molecule has 9 heteroatoms. The van der Waals surface area contributed by atoms with E-state index in [1.807, 2.05) is 17.0 Å². The summed E-state index contributed by atoms with van der Waals surface area (Å²) in [5.41, 5.74) is 1.08. The summed E-state index contributed by atoms with van der Waals surface area (Å²) in [5, 5.41) is 0. The average molecular weight is 466 g/mol. The third kappa shape index (κ3) is 6.20. The number of nitrogens with zero attached hydrogens (tertiary/aromatic N) is 2. The molecule has 0 radical (unpaired) electrons. The van der Waals surface area contributed by atoms with Gasteiger partial charge in [0.05, 0.1) is 31.6 Å². The summed E-state index contributed by atoms with van der Waals surface area (Å²) in [6, 6.07) is 5.39. The number of piperidine rings is 1. The molecule has 1 N–H and O–H groups in total. The van der Waals surface area contributed by atoms with Gasteiger partial charge in [-0.05, 0) is 57.4 Å². The Morgan fingerprint density at radius 1 is 1.09 bits per heavy atom. The van der Waals surface area contributed by atoms with Crippen molar-refractivity contribution in [1.29, 1.82) is 0 Å². The topological polar surface area (TPSA) is 97.8 Å². The zero-order valence-corrected chi connectivity index (χ0v) is 19.7. The fourth-order valence-corrected chi connectivity index (χ4v) is 6.01. The highest BCUT2D eigenvalue weighted by Crippen LogP contribution is 2.34. The Balaban J connectivity index is 1.51. The standard InChI is InChI=1S/C23H35N3O5S/c1-32(28,29)25-20-7-5-14-26-21(20)16-31-18-12-10-17(11-13-18)19-6-4-8-22(24-19)30-15-3-2-9-23(26)27/h4,6,8,17-18,20-21,25H,2-3,5,7,9-16H2,1H3/t17?,18?,20-,21-/m1/s1. The van der Waals surface area contributed by atoms with Gasteiger partial charge in [0.15, 0.2) is 0 Å². The number of nitrogens with one attached hydrogen (secondary N) is 1. The van der Waals surface area contributed by atoms with Crippen molar-refractivity contribution in [1.82, 2.24) is 14.6 Å². The largest absolute Gasteiger partial charge is 0.478 e. The van der Waals surface area contributed by atoms with Crippen molar-refractivity contribution in [2.24, 2.45) is 0 Å². The molecule has 3 aliphatic heterocycles. The Morgan fingerprint density at radius 3 is 2.69 bits per heavy atom. The summed E-state index contributed by atoms with van der Waals surface area (Å²) < 4.78 is 38.8. The fraction of sp³-hybridized carbons (Fsp3) is 0.739. The molecule has 0 spiro atoms. The third-order valence-electron chi connectivity index (χ3n) is 6.84. The predicted molar refractivity (Wildman–Crippen MR) is 121 cm³/mol. The number of ether oxygens (including phenoxy) is 2. The Kier molecular flexibility index (Phi) is 7.68. The van der Waals surface area contributed by atoms with Gasteiger partial charge in [0, 0.05) is 36.7 Å². The van der Waals surface area contributed by atoms with Crippen LogP contribution in [0.1, 0.15) is 69.4 Å². The molecule has 178 valence electrons. The molecule has 1 amide bonds. The maximum Gasteiger partial charge on any atom is 0.222 e. The van der Waals surface area contributed by atoms with Crippen LogP contribution in [0, 0.1) is 0 Å². The molecule has 1 saturated carbocycles. The molecule has 4 aliphatic rings. The number of rotatable bonds is 2. The van der Waals surface area contributed by atoms with Gasteiger partial charge in [-0.15, -0.1) is 0 Å². The van der Waals surface area contributed by atoms with Crippen molar-refractivity contribution in [3.8, 4) is 5.88 Å². The van der Waals surface area contributed by atoms with Crippen molar-refractivity contribution in [3.63, 3.8) is 0 Å². The van der Waals surface area contributed by atoms with Gasteiger partial charge in [0.1, 0.15) is 0 Å². The summed E-state index contributed by atoms with van der Waals surface area (Å²) in [6.07, 6.45) is 8.57. The second kappa shape index (κ2) is 10.5. The van der Waals surface area contributed by atoms with E-state index in [9.17, 15) is 13.2 Å². The molecule has 4 bridgehead atoms. The third-order valence-corrected chi connectivity index (χ3v) is 7.57. The van der Waals surface area contributed by atoms with Crippen LogP contribution < -0.4 is 9.46 Å². The summed E-state index contributed by atoms with van der Waals surface area (Å²) in [5.74, 6) is 1.12. The highest BCUT2D eigenvalue weighted by atomic mass is 32.2. The van der Waals surface area contributed by atoms with Crippen molar-refractivity contribution >= 4 is 15.9 Å². The first-order valence-electron chi connectivity index (χ1n) is 11.9. The first-order chi connectivity index (χ1) is 15.4. The van der Waals surface area contributed by atoms with Crippen LogP contribution in [0.2, 0.25) is 0 Å². The van der Waals surface area contributed by atoms with Crippen molar-refractivity contribution < 1.29 is 22.7 Å². The normalized spacial score (nSPS) is 30.3. The van der Waals surface area contributed by atoms with E-state index in [-0.39, 0.29) is 24.1 Å². The summed E-state index contributed by atoms with van der Waals surface area (Å²) in [7, 11) is -3.37. The maximum atomic E-state index is 13.0. The molecule has 0 aromatic carbocycles. The second-order valence-electron chi connectivity index (χ2n) is 9.31. The van der Waals surface area contributed by atoms with Crippen molar-refractivity contribution in [2.75, 3.05) is 26.0 Å². The van der Waals surface area contributed by atoms with Gasteiger partial charge in [-0.3, -0.25) is 4.79 Å². The molecule has 4 heterocycles. The number of carbonyl (C=O) groups excluding carboxylic acids is 1. The molecule has 1 aromatic heterocycles. The van der Waals surface area contributed by atoms with Gasteiger partial charge < -0.3 is 14.4 Å². The monoisotopic (exact) mass is 465 g/mol. The molecule has 2 fully saturated rings. The number of hydrogen-bond donors (Lipinski definition) is 1. The Bertz CT molecular complexity index is 885. The Labute approximate surface area is 191 Å². The summed E-state index contributed by atoms with van der Waals surface area (Å²) in [4.78, 5) is 19.6. The Hall–Kier alpha value is -1.71. The van der Waals surface area contributed by atoms with E-state index < -0.39 is 10.0 Å². The highest BCUT2D eigenvalue weighted by Gasteiger charge is 2.36. The lowest BCUT2D eigenvalue weighted by atomic mass is 9.85. The Morgan fingerprint density at radius 2 is 1.91 bits per heavy atom. The smallest absolute Gasteiger partial charge is 0.222 e. The second-order valence-corrected chi connectivity index (χ2v) is 11.1. The molecule has 8 nitrogen and oxygen atoms in total. The van der Waals surface area contributed by atoms with Crippen LogP contribution in [0.5, 0.6) is 5.88 Å². The molecular weight excluding hydrogens is 430 g/mol. The van der Waals surface area contributed by atoms with Gasteiger partial charge in [0.2, 0.25) is 21.8 Å². The first kappa shape index (κ1) is 23.4. The lowest BCUT2D eigenvalue weighted by Gasteiger charge is -2.42. The van der Waals surface area contributed by atoms with Crippen LogP contribution in [-0.4, -0.2) is 68.4 Å². The number of fused-ring (bicyclic) bond motifs is 8. The highest BCUT2D eigenvalue weighted by molar-refractivity contribution is 7.88. The number of sulfonamides is 1. The minimum absolute atomic E-state index is 0.0618. The maximum absolute atomic E-state index is 13.0. The average Bonchev–Trinajstić information content (AvgIpc) is 2.77. The zero-order chi connectivity index (χ0) is 22.6. The number of amides is 1. The van der Waals surface area contributed by atoms with Gasteiger partial charge in [-0.25, -0.2) is 18.1 Å². The lowest BCUT2D eigenvalue weighted by molar-refractivity contribution is -0.138. The van der Waals surface area contributed by atoms with Gasteiger partial charge in [-0.2, -0.15) is 0 Å². The minimum Gasteiger partial charge on any atom is -0.478 e. The summed E-state index contributed by atoms with van der Waals surface area (Å²) >= 11 is 0. The predicted octanol–water partition coefficient (Wildman–Crippen LogP) is 2.60. The van der Waals surface area contributed by atoms with Gasteiger partial charge in [0.25, 0.3) is 0 Å². The van der Waals surface area contributed by atoms with Gasteiger partial charge in [-0.1, -0.05) is 6.07 Å². The number of aromatic nitrogens is 1. The van der Waals surface area contributed by atoms with Crippen LogP contribution in [0.4, 0.5) is 0 Å². The molecular formula is C23H35N3O5S. The van der Waals surface area contributed by atoms with E-state index in [1.54, 1.807) is 0 Å². The van der Waals surface area contributed by atoms with E-state index in [0.717, 1.165) is 50.6 Å². The molecule has 1 aromatic rings. The fourth-order valence-electron chi connectivity index (χ4n) is 5.18. The van der Waals surface area contributed by atoms with Crippen LogP contribution in [0.15, 0.2) is 18.2 Å².